The van der Waals surface area contributed by atoms with Gasteiger partial charge < -0.3 is 9.13 Å². The summed E-state index contributed by atoms with van der Waals surface area (Å²) in [5.41, 5.74) is 12.1. The van der Waals surface area contributed by atoms with Gasteiger partial charge in [0.1, 0.15) is 5.65 Å². The Balaban J connectivity index is 1.22. The summed E-state index contributed by atoms with van der Waals surface area (Å²) in [7, 11) is 0. The summed E-state index contributed by atoms with van der Waals surface area (Å²) in [6.07, 6.45) is 0. The molecule has 0 saturated carbocycles. The third kappa shape index (κ3) is 4.61. The topological polar surface area (TPSA) is 36.8 Å². The van der Waals surface area contributed by atoms with Crippen molar-refractivity contribution in [3.05, 3.63) is 217 Å². The molecule has 0 saturated heterocycles. The Morgan fingerprint density at radius 1 is 0.293 bits per heavy atom. The molecule has 0 unspecified atom stereocenters. The zero-order valence-corrected chi connectivity index (χ0v) is 31.3. The van der Waals surface area contributed by atoms with Gasteiger partial charge in [-0.25, -0.2) is 0 Å². The van der Waals surface area contributed by atoms with E-state index in [4.69, 9.17) is 0 Å². The molecule has 5 nitrogen and oxygen atoms in total. The lowest BCUT2D eigenvalue weighted by molar-refractivity contribution is 0.996. The fraction of sp³-hybridized carbons (Fsp3) is 0. The van der Waals surface area contributed by atoms with E-state index in [-0.39, 0.29) is 5.56 Å². The molecular weight excluding hydrogens is 709 g/mol. The minimum atomic E-state index is -0.0631. The number of hydrogen-bond acceptors (Lipinski definition) is 1. The Morgan fingerprint density at radius 2 is 0.707 bits per heavy atom. The SMILES string of the molecule is O=c1c2c3cc(-c4ccc5c(c4)c4ccccc4n5-c4ccccc4)ccc3n(-c3ccccc3)c2c2c3ccccc3n(-c3ccccc3)c2n1-c1ccccc1. The largest absolute Gasteiger partial charge is 0.309 e. The number of hydrogen-bond donors (Lipinski definition) is 0. The molecule has 0 bridgehead atoms. The lowest BCUT2D eigenvalue weighted by atomic mass is 10.0. The lowest BCUT2D eigenvalue weighted by Crippen LogP contribution is -2.20. The second-order valence-corrected chi connectivity index (χ2v) is 14.9. The normalized spacial score (nSPS) is 11.9. The molecule has 272 valence electrons. The van der Waals surface area contributed by atoms with E-state index < -0.39 is 0 Å². The van der Waals surface area contributed by atoms with E-state index >= 15 is 4.79 Å². The van der Waals surface area contributed by atoms with Crippen molar-refractivity contribution in [3.8, 4) is 33.9 Å². The van der Waals surface area contributed by atoms with Crippen LogP contribution in [0.15, 0.2) is 211 Å². The molecule has 0 aliphatic heterocycles. The van der Waals surface area contributed by atoms with Crippen LogP contribution in [0.3, 0.4) is 0 Å². The maximum absolute atomic E-state index is 15.7. The van der Waals surface area contributed by atoms with Crippen LogP contribution >= 0.6 is 0 Å². The van der Waals surface area contributed by atoms with Crippen molar-refractivity contribution < 1.29 is 0 Å². The van der Waals surface area contributed by atoms with Gasteiger partial charge in [0.05, 0.1) is 44.0 Å². The van der Waals surface area contributed by atoms with E-state index in [9.17, 15) is 0 Å². The van der Waals surface area contributed by atoms with E-state index in [1.807, 2.05) is 47.0 Å². The van der Waals surface area contributed by atoms with Crippen LogP contribution in [-0.4, -0.2) is 18.3 Å². The second-order valence-electron chi connectivity index (χ2n) is 14.9. The molecule has 4 heterocycles. The van der Waals surface area contributed by atoms with Gasteiger partial charge in [0.15, 0.2) is 0 Å². The zero-order chi connectivity index (χ0) is 38.3. The van der Waals surface area contributed by atoms with Gasteiger partial charge >= 0.3 is 0 Å². The van der Waals surface area contributed by atoms with Gasteiger partial charge in [-0.2, -0.15) is 0 Å². The number of rotatable bonds is 5. The average molecular weight is 743 g/mol. The third-order valence-corrected chi connectivity index (χ3v) is 11.7. The molecule has 58 heavy (non-hydrogen) atoms. The van der Waals surface area contributed by atoms with Crippen LogP contribution in [0.4, 0.5) is 0 Å². The van der Waals surface area contributed by atoms with E-state index in [0.29, 0.717) is 5.39 Å². The number of benzene rings is 8. The number of aromatic nitrogens is 4. The number of para-hydroxylation sites is 6. The average Bonchev–Trinajstić information content (AvgIpc) is 3.93. The van der Waals surface area contributed by atoms with E-state index in [2.05, 4.69) is 177 Å². The molecule has 0 atom stereocenters. The highest BCUT2D eigenvalue weighted by atomic mass is 16.1. The Hall–Kier alpha value is -7.89. The first kappa shape index (κ1) is 32.4. The maximum atomic E-state index is 15.7. The Kier molecular flexibility index (Phi) is 7.01. The van der Waals surface area contributed by atoms with Crippen molar-refractivity contribution in [2.24, 2.45) is 0 Å². The zero-order valence-electron chi connectivity index (χ0n) is 31.3. The first-order valence-corrected chi connectivity index (χ1v) is 19.7. The molecular formula is C53H34N4O. The highest BCUT2D eigenvalue weighted by Gasteiger charge is 2.27. The first-order chi connectivity index (χ1) is 28.7. The summed E-state index contributed by atoms with van der Waals surface area (Å²) in [5, 5.41) is 6.09. The van der Waals surface area contributed by atoms with Crippen LogP contribution in [0.25, 0.3) is 99.4 Å². The highest BCUT2D eigenvalue weighted by molar-refractivity contribution is 6.25. The quantitative estimate of drug-likeness (QED) is 0.173. The lowest BCUT2D eigenvalue weighted by Gasteiger charge is -2.15. The van der Waals surface area contributed by atoms with Crippen molar-refractivity contribution >= 4 is 65.5 Å². The predicted octanol–water partition coefficient (Wildman–Crippen LogP) is 12.8. The number of nitrogens with zero attached hydrogens (tertiary/aromatic N) is 4. The summed E-state index contributed by atoms with van der Waals surface area (Å²) < 4.78 is 8.81. The highest BCUT2D eigenvalue weighted by Crippen LogP contribution is 2.43. The summed E-state index contributed by atoms with van der Waals surface area (Å²) in [6, 6.07) is 72.0. The fourth-order valence-electron chi connectivity index (χ4n) is 9.31. The number of fused-ring (bicyclic) bond motifs is 10. The molecule has 0 amide bonds. The van der Waals surface area contributed by atoms with Gasteiger partial charge in [-0.05, 0) is 96.1 Å². The molecule has 0 N–H and O–H groups in total. The Bertz CT molecular complexity index is 3610. The molecule has 0 spiro atoms. The minimum Gasteiger partial charge on any atom is -0.309 e. The van der Waals surface area contributed by atoms with Gasteiger partial charge in [-0.3, -0.25) is 13.9 Å². The molecule has 0 aliphatic rings. The number of pyridine rings is 1. The van der Waals surface area contributed by atoms with Gasteiger partial charge in [0.25, 0.3) is 5.56 Å². The molecule has 8 aromatic carbocycles. The van der Waals surface area contributed by atoms with E-state index in [0.717, 1.165) is 77.7 Å². The first-order valence-electron chi connectivity index (χ1n) is 19.7. The van der Waals surface area contributed by atoms with Crippen LogP contribution in [0.1, 0.15) is 0 Å². The van der Waals surface area contributed by atoms with Crippen LogP contribution in [0.5, 0.6) is 0 Å². The predicted molar refractivity (Wildman–Crippen MR) is 240 cm³/mol. The molecule has 0 radical (unpaired) electrons. The molecule has 0 aliphatic carbocycles. The van der Waals surface area contributed by atoms with Crippen molar-refractivity contribution in [2.75, 3.05) is 0 Å². The molecule has 12 aromatic rings. The minimum absolute atomic E-state index is 0.0631. The molecule has 4 aromatic heterocycles. The molecule has 0 fully saturated rings. The summed E-state index contributed by atoms with van der Waals surface area (Å²) in [5.74, 6) is 0. The van der Waals surface area contributed by atoms with Gasteiger partial charge in [-0.15, -0.1) is 0 Å². The summed E-state index contributed by atoms with van der Waals surface area (Å²) >= 11 is 0. The van der Waals surface area contributed by atoms with E-state index in [1.54, 1.807) is 0 Å². The molecule has 12 rings (SSSR count). The van der Waals surface area contributed by atoms with Crippen molar-refractivity contribution in [1.29, 1.82) is 0 Å². The van der Waals surface area contributed by atoms with Gasteiger partial charge in [0.2, 0.25) is 0 Å². The van der Waals surface area contributed by atoms with Crippen LogP contribution in [0, 0.1) is 0 Å². The van der Waals surface area contributed by atoms with Crippen molar-refractivity contribution in [1.82, 2.24) is 18.3 Å². The van der Waals surface area contributed by atoms with Crippen LogP contribution < -0.4 is 5.56 Å². The van der Waals surface area contributed by atoms with E-state index in [1.165, 1.54) is 16.3 Å². The third-order valence-electron chi connectivity index (χ3n) is 11.7. The van der Waals surface area contributed by atoms with Crippen molar-refractivity contribution in [3.63, 3.8) is 0 Å². The van der Waals surface area contributed by atoms with Crippen LogP contribution in [0.2, 0.25) is 0 Å². The maximum Gasteiger partial charge on any atom is 0.266 e. The standard InChI is InChI=1S/C53H34N4O/c58-53-50-44-34-36(35-29-31-47-43(33-35)41-25-13-15-27-45(41)54(47)37-17-5-1-6-18-37)30-32-48(44)55(38-19-7-2-8-20-38)51(50)49-42-26-14-16-28-46(42)56(39-21-9-3-10-22-39)52(49)57(53)40-23-11-4-12-24-40/h1-34H. The van der Waals surface area contributed by atoms with Gasteiger partial charge in [-0.1, -0.05) is 121 Å². The smallest absolute Gasteiger partial charge is 0.266 e. The fourth-order valence-corrected chi connectivity index (χ4v) is 9.31. The van der Waals surface area contributed by atoms with Crippen LogP contribution in [-0.2, 0) is 0 Å². The Labute approximate surface area is 333 Å². The molecule has 5 heteroatoms. The monoisotopic (exact) mass is 742 g/mol. The Morgan fingerprint density at radius 3 is 1.29 bits per heavy atom. The van der Waals surface area contributed by atoms with Gasteiger partial charge in [0, 0.05) is 38.6 Å². The summed E-state index contributed by atoms with van der Waals surface area (Å²) in [6.45, 7) is 0. The second kappa shape index (κ2) is 12.6. The van der Waals surface area contributed by atoms with Crippen molar-refractivity contribution in [2.45, 2.75) is 0 Å². The summed E-state index contributed by atoms with van der Waals surface area (Å²) in [4.78, 5) is 15.7.